The molecule has 1 atom stereocenters. The summed E-state index contributed by atoms with van der Waals surface area (Å²) in [4.78, 5) is 15.9. The van der Waals surface area contributed by atoms with Crippen LogP contribution >= 0.6 is 0 Å². The molecule has 4 heteroatoms. The summed E-state index contributed by atoms with van der Waals surface area (Å²) in [5.41, 5.74) is 2.05. The van der Waals surface area contributed by atoms with Crippen molar-refractivity contribution >= 4 is 5.91 Å². The van der Waals surface area contributed by atoms with Gasteiger partial charge in [0.15, 0.2) is 0 Å². The quantitative estimate of drug-likeness (QED) is 0.827. The fraction of sp³-hybridized carbons (Fsp3) is 0.571. The molecule has 1 saturated heterocycles. The van der Waals surface area contributed by atoms with Crippen LogP contribution in [-0.4, -0.2) is 24.0 Å². The minimum absolute atomic E-state index is 0.141. The van der Waals surface area contributed by atoms with Crippen LogP contribution in [0, 0.1) is 12.8 Å². The smallest absolute Gasteiger partial charge is 0.220 e. The Balaban J connectivity index is 1.66. The lowest BCUT2D eigenvalue weighted by molar-refractivity contribution is -0.121. The molecule has 0 bridgehead atoms. The maximum atomic E-state index is 11.7. The summed E-state index contributed by atoms with van der Waals surface area (Å²) in [6.45, 7) is 4.70. The van der Waals surface area contributed by atoms with Gasteiger partial charge in [0.05, 0.1) is 0 Å². The van der Waals surface area contributed by atoms with Gasteiger partial charge in [0.2, 0.25) is 5.91 Å². The van der Waals surface area contributed by atoms with E-state index in [9.17, 15) is 4.79 Å². The highest BCUT2D eigenvalue weighted by Gasteiger charge is 2.15. The van der Waals surface area contributed by atoms with Crippen LogP contribution < -0.4 is 10.6 Å². The Bertz CT molecular complexity index is 383. The van der Waals surface area contributed by atoms with Gasteiger partial charge in [-0.25, -0.2) is 0 Å². The molecule has 1 unspecified atom stereocenters. The van der Waals surface area contributed by atoms with E-state index in [0.717, 1.165) is 30.8 Å². The largest absolute Gasteiger partial charge is 0.352 e. The van der Waals surface area contributed by atoms with Crippen LogP contribution in [0.25, 0.3) is 0 Å². The topological polar surface area (TPSA) is 54.0 Å². The summed E-state index contributed by atoms with van der Waals surface area (Å²) in [5.74, 6) is 0.819. The number of nitrogens with zero attached hydrogens (tertiary/aromatic N) is 1. The Labute approximate surface area is 108 Å². The fourth-order valence-electron chi connectivity index (χ4n) is 2.19. The van der Waals surface area contributed by atoms with Crippen LogP contribution in [0.1, 0.15) is 30.5 Å². The molecule has 2 rings (SSSR count). The summed E-state index contributed by atoms with van der Waals surface area (Å²) in [6, 6.07) is 3.97. The molecule has 0 aliphatic carbocycles. The molecule has 18 heavy (non-hydrogen) atoms. The SMILES string of the molecule is Cc1ccc(CNC(=O)CCC2CCNC2)cn1. The van der Waals surface area contributed by atoms with E-state index in [1.165, 1.54) is 6.42 Å². The third-order valence-electron chi connectivity index (χ3n) is 3.40. The van der Waals surface area contributed by atoms with Gasteiger partial charge in [-0.1, -0.05) is 6.07 Å². The van der Waals surface area contributed by atoms with Crippen molar-refractivity contribution in [3.63, 3.8) is 0 Å². The summed E-state index contributed by atoms with van der Waals surface area (Å²) < 4.78 is 0. The number of rotatable bonds is 5. The third kappa shape index (κ3) is 4.11. The van der Waals surface area contributed by atoms with Crippen LogP contribution in [0.3, 0.4) is 0 Å². The highest BCUT2D eigenvalue weighted by atomic mass is 16.1. The molecule has 0 radical (unpaired) electrons. The highest BCUT2D eigenvalue weighted by Crippen LogP contribution is 2.13. The summed E-state index contributed by atoms with van der Waals surface area (Å²) >= 11 is 0. The zero-order valence-corrected chi connectivity index (χ0v) is 10.9. The van der Waals surface area contributed by atoms with Crippen LogP contribution in [0.2, 0.25) is 0 Å². The first-order chi connectivity index (χ1) is 8.74. The van der Waals surface area contributed by atoms with Gasteiger partial charge in [0.1, 0.15) is 0 Å². The summed E-state index contributed by atoms with van der Waals surface area (Å²) in [5, 5.41) is 6.26. The lowest BCUT2D eigenvalue weighted by Gasteiger charge is -2.08. The number of nitrogens with one attached hydrogen (secondary N) is 2. The van der Waals surface area contributed by atoms with Crippen LogP contribution in [-0.2, 0) is 11.3 Å². The average molecular weight is 247 g/mol. The first kappa shape index (κ1) is 13.0. The fourth-order valence-corrected chi connectivity index (χ4v) is 2.19. The maximum Gasteiger partial charge on any atom is 0.220 e. The van der Waals surface area contributed by atoms with Gasteiger partial charge in [-0.3, -0.25) is 9.78 Å². The molecule has 1 aliphatic rings. The standard InChI is InChI=1S/C14H21N3O/c1-11-2-3-13(9-16-11)10-17-14(18)5-4-12-6-7-15-8-12/h2-3,9,12,15H,4-8,10H2,1H3,(H,17,18). The molecule has 0 aromatic carbocycles. The second-order valence-electron chi connectivity index (χ2n) is 4.98. The van der Waals surface area contributed by atoms with Crippen molar-refractivity contribution in [2.24, 2.45) is 5.92 Å². The Kier molecular flexibility index (Phi) is 4.70. The zero-order chi connectivity index (χ0) is 12.8. The lowest BCUT2D eigenvalue weighted by Crippen LogP contribution is -2.23. The Morgan fingerprint density at radius 2 is 2.44 bits per heavy atom. The number of aryl methyl sites for hydroxylation is 1. The van der Waals surface area contributed by atoms with Crippen molar-refractivity contribution in [1.29, 1.82) is 0 Å². The predicted octanol–water partition coefficient (Wildman–Crippen LogP) is 1.40. The van der Waals surface area contributed by atoms with E-state index in [-0.39, 0.29) is 5.91 Å². The molecular weight excluding hydrogens is 226 g/mol. The normalized spacial score (nSPS) is 18.8. The number of pyridine rings is 1. The van der Waals surface area contributed by atoms with Crippen molar-refractivity contribution in [3.8, 4) is 0 Å². The van der Waals surface area contributed by atoms with Gasteiger partial charge in [-0.05, 0) is 50.4 Å². The lowest BCUT2D eigenvalue weighted by atomic mass is 10.0. The van der Waals surface area contributed by atoms with Gasteiger partial charge in [-0.15, -0.1) is 0 Å². The minimum atomic E-state index is 0.141. The molecule has 0 saturated carbocycles. The monoisotopic (exact) mass is 247 g/mol. The third-order valence-corrected chi connectivity index (χ3v) is 3.40. The second kappa shape index (κ2) is 6.50. The summed E-state index contributed by atoms with van der Waals surface area (Å²) in [7, 11) is 0. The van der Waals surface area contributed by atoms with Gasteiger partial charge < -0.3 is 10.6 Å². The van der Waals surface area contributed by atoms with E-state index in [4.69, 9.17) is 0 Å². The van der Waals surface area contributed by atoms with E-state index in [1.54, 1.807) is 0 Å². The minimum Gasteiger partial charge on any atom is -0.352 e. The van der Waals surface area contributed by atoms with E-state index in [1.807, 2.05) is 25.3 Å². The summed E-state index contributed by atoms with van der Waals surface area (Å²) in [6.07, 6.45) is 4.64. The predicted molar refractivity (Wildman–Crippen MR) is 71.0 cm³/mol. The number of aromatic nitrogens is 1. The molecule has 1 aliphatic heterocycles. The van der Waals surface area contributed by atoms with E-state index >= 15 is 0 Å². The molecule has 1 amide bonds. The van der Waals surface area contributed by atoms with Crippen molar-refractivity contribution in [2.75, 3.05) is 13.1 Å². The Morgan fingerprint density at radius 1 is 1.56 bits per heavy atom. The maximum absolute atomic E-state index is 11.7. The van der Waals surface area contributed by atoms with Crippen molar-refractivity contribution in [2.45, 2.75) is 32.7 Å². The number of hydrogen-bond acceptors (Lipinski definition) is 3. The van der Waals surface area contributed by atoms with E-state index in [0.29, 0.717) is 18.9 Å². The molecule has 0 spiro atoms. The van der Waals surface area contributed by atoms with Crippen molar-refractivity contribution in [3.05, 3.63) is 29.6 Å². The molecule has 4 nitrogen and oxygen atoms in total. The molecular formula is C14H21N3O. The average Bonchev–Trinajstić information content (AvgIpc) is 2.89. The molecule has 2 N–H and O–H groups in total. The van der Waals surface area contributed by atoms with E-state index in [2.05, 4.69) is 15.6 Å². The van der Waals surface area contributed by atoms with Crippen molar-refractivity contribution < 1.29 is 4.79 Å². The van der Waals surface area contributed by atoms with Gasteiger partial charge in [0, 0.05) is 24.9 Å². The first-order valence-electron chi connectivity index (χ1n) is 6.63. The molecule has 1 aromatic rings. The van der Waals surface area contributed by atoms with Crippen molar-refractivity contribution in [1.82, 2.24) is 15.6 Å². The second-order valence-corrected chi connectivity index (χ2v) is 4.98. The molecule has 1 aromatic heterocycles. The van der Waals surface area contributed by atoms with Gasteiger partial charge in [-0.2, -0.15) is 0 Å². The zero-order valence-electron chi connectivity index (χ0n) is 10.9. The number of carbonyl (C=O) groups excluding carboxylic acids is 1. The number of amides is 1. The Hall–Kier alpha value is -1.42. The van der Waals surface area contributed by atoms with E-state index < -0.39 is 0 Å². The molecule has 1 fully saturated rings. The number of hydrogen-bond donors (Lipinski definition) is 2. The molecule has 2 heterocycles. The van der Waals surface area contributed by atoms with Crippen LogP contribution in [0.5, 0.6) is 0 Å². The van der Waals surface area contributed by atoms with Crippen LogP contribution in [0.15, 0.2) is 18.3 Å². The highest BCUT2D eigenvalue weighted by molar-refractivity contribution is 5.75. The Morgan fingerprint density at radius 3 is 3.11 bits per heavy atom. The van der Waals surface area contributed by atoms with Gasteiger partial charge in [0.25, 0.3) is 0 Å². The number of carbonyl (C=O) groups is 1. The molecule has 98 valence electrons. The van der Waals surface area contributed by atoms with Crippen LogP contribution in [0.4, 0.5) is 0 Å². The first-order valence-corrected chi connectivity index (χ1v) is 6.63. The van der Waals surface area contributed by atoms with Gasteiger partial charge >= 0.3 is 0 Å².